The predicted octanol–water partition coefficient (Wildman–Crippen LogP) is 3.60. The number of alkyl carbamates (subject to hydrolysis) is 1. The van der Waals surface area contributed by atoms with Crippen LogP contribution < -0.4 is 5.32 Å². The number of amides is 2. The molecule has 0 fully saturated rings. The third kappa shape index (κ3) is 9.01. The molecule has 0 aliphatic heterocycles. The number of ether oxygens (including phenoxy) is 3. The molecule has 9 nitrogen and oxygen atoms in total. The minimum Gasteiger partial charge on any atom is -0.469 e. The fourth-order valence-electron chi connectivity index (χ4n) is 3.12. The van der Waals surface area contributed by atoms with Crippen LogP contribution in [0.1, 0.15) is 48.7 Å². The van der Waals surface area contributed by atoms with E-state index in [0.717, 1.165) is 23.6 Å². The van der Waals surface area contributed by atoms with E-state index in [1.54, 1.807) is 45.0 Å². The highest BCUT2D eigenvalue weighted by Crippen LogP contribution is 2.17. The first kappa shape index (κ1) is 28.3. The van der Waals surface area contributed by atoms with Gasteiger partial charge in [0.15, 0.2) is 0 Å². The highest BCUT2D eigenvalue weighted by atomic mass is 19.1. The van der Waals surface area contributed by atoms with E-state index in [2.05, 4.69) is 10.1 Å². The maximum atomic E-state index is 14.5. The Balaban J connectivity index is 2.11. The van der Waals surface area contributed by atoms with Gasteiger partial charge in [0.05, 0.1) is 19.1 Å². The molecule has 0 saturated carbocycles. The number of nitrogens with one attached hydrogen (secondary N) is 1. The topological polar surface area (TPSA) is 111 Å². The van der Waals surface area contributed by atoms with Gasteiger partial charge in [-0.15, -0.1) is 0 Å². The van der Waals surface area contributed by atoms with Crippen LogP contribution in [0.4, 0.5) is 9.18 Å². The van der Waals surface area contributed by atoms with Gasteiger partial charge in [0.25, 0.3) is 0 Å². The van der Waals surface area contributed by atoms with Crippen LogP contribution in [0.3, 0.4) is 0 Å². The normalized spacial score (nSPS) is 11.7. The molecule has 0 aliphatic rings. The molecule has 0 spiro atoms. The van der Waals surface area contributed by atoms with Crippen molar-refractivity contribution in [2.45, 2.75) is 52.0 Å². The summed E-state index contributed by atoms with van der Waals surface area (Å²) in [7, 11) is 2.53. The summed E-state index contributed by atoms with van der Waals surface area (Å²) >= 11 is 0. The van der Waals surface area contributed by atoms with Gasteiger partial charge in [0.2, 0.25) is 5.91 Å². The number of carbonyl (C=O) groups excluding carboxylic acids is 4. The quantitative estimate of drug-likeness (QED) is 0.412. The van der Waals surface area contributed by atoms with E-state index < -0.39 is 47.8 Å². The average Bonchev–Trinajstić information content (AvgIpc) is 2.82. The van der Waals surface area contributed by atoms with E-state index in [1.165, 1.54) is 19.2 Å². The number of hydrogen-bond acceptors (Lipinski definition) is 7. The van der Waals surface area contributed by atoms with Crippen LogP contribution in [0.5, 0.6) is 0 Å². The maximum Gasteiger partial charge on any atom is 0.408 e. The van der Waals surface area contributed by atoms with Crippen LogP contribution in [0.2, 0.25) is 0 Å². The standard InChI is InChI=1S/C26H31FN2O7/c1-26(2,3)36-24(32)18-11-12-20(27)19(13-18)15-29(4)23(31)21(14-22(30)34-5)28-25(33)35-16-17-9-7-6-8-10-17/h6-13,21H,14-16H2,1-5H3,(H,28,33). The monoisotopic (exact) mass is 502 g/mol. The van der Waals surface area contributed by atoms with Crippen molar-refractivity contribution in [1.82, 2.24) is 10.2 Å². The number of hydrogen-bond donors (Lipinski definition) is 1. The molecule has 0 aliphatic carbocycles. The number of benzene rings is 2. The second-order valence-electron chi connectivity index (χ2n) is 9.04. The fraction of sp³-hybridized carbons (Fsp3) is 0.385. The molecule has 10 heteroatoms. The molecule has 0 bridgehead atoms. The molecule has 1 N–H and O–H groups in total. The van der Waals surface area contributed by atoms with Gasteiger partial charge in [-0.3, -0.25) is 9.59 Å². The molecule has 2 rings (SSSR count). The Morgan fingerprint density at radius 3 is 2.33 bits per heavy atom. The van der Waals surface area contributed by atoms with Crippen molar-refractivity contribution in [1.29, 1.82) is 0 Å². The first-order valence-electron chi connectivity index (χ1n) is 11.2. The molecular formula is C26H31FN2O7. The minimum absolute atomic E-state index is 0.0374. The van der Waals surface area contributed by atoms with Crippen LogP contribution in [0.25, 0.3) is 0 Å². The third-order valence-corrected chi connectivity index (χ3v) is 4.87. The number of halogens is 1. The third-order valence-electron chi connectivity index (χ3n) is 4.87. The van der Waals surface area contributed by atoms with Crippen LogP contribution in [0.15, 0.2) is 48.5 Å². The van der Waals surface area contributed by atoms with E-state index >= 15 is 0 Å². The Bertz CT molecular complexity index is 1080. The van der Waals surface area contributed by atoms with Crippen LogP contribution in [-0.2, 0) is 37.0 Å². The summed E-state index contributed by atoms with van der Waals surface area (Å²) in [6, 6.07) is 11.3. The summed E-state index contributed by atoms with van der Waals surface area (Å²) in [6.45, 7) is 4.85. The molecule has 194 valence electrons. The van der Waals surface area contributed by atoms with Gasteiger partial charge in [-0.2, -0.15) is 0 Å². The summed E-state index contributed by atoms with van der Waals surface area (Å²) in [5.74, 6) is -2.69. The van der Waals surface area contributed by atoms with E-state index in [4.69, 9.17) is 9.47 Å². The number of esters is 2. The van der Waals surface area contributed by atoms with Crippen LogP contribution >= 0.6 is 0 Å². The maximum absolute atomic E-state index is 14.5. The van der Waals surface area contributed by atoms with Crippen LogP contribution in [-0.4, -0.2) is 54.6 Å². The summed E-state index contributed by atoms with van der Waals surface area (Å²) in [6.07, 6.45) is -1.37. The lowest BCUT2D eigenvalue weighted by atomic mass is 10.1. The SMILES string of the molecule is COC(=O)CC(NC(=O)OCc1ccccc1)C(=O)N(C)Cc1cc(C(=O)OC(C)(C)C)ccc1F. The second kappa shape index (κ2) is 12.7. The van der Waals surface area contributed by atoms with Crippen molar-refractivity contribution in [3.63, 3.8) is 0 Å². The van der Waals surface area contributed by atoms with E-state index in [-0.39, 0.29) is 24.3 Å². The largest absolute Gasteiger partial charge is 0.469 e. The summed E-state index contributed by atoms with van der Waals surface area (Å²) < 4.78 is 29.6. The molecule has 2 aromatic rings. The average molecular weight is 503 g/mol. The lowest BCUT2D eigenvalue weighted by Gasteiger charge is -2.24. The van der Waals surface area contributed by atoms with Crippen molar-refractivity contribution in [2.24, 2.45) is 0 Å². The lowest BCUT2D eigenvalue weighted by Crippen LogP contribution is -2.48. The number of rotatable bonds is 9. The van der Waals surface area contributed by atoms with Crippen molar-refractivity contribution in [2.75, 3.05) is 14.2 Å². The Morgan fingerprint density at radius 1 is 1.06 bits per heavy atom. The van der Waals surface area contributed by atoms with E-state index in [1.807, 2.05) is 6.07 Å². The smallest absolute Gasteiger partial charge is 0.408 e. The van der Waals surface area contributed by atoms with Crippen molar-refractivity contribution >= 4 is 23.9 Å². The van der Waals surface area contributed by atoms with Gasteiger partial charge >= 0.3 is 18.0 Å². The molecule has 0 saturated heterocycles. The Hall–Kier alpha value is -3.95. The molecule has 0 aromatic heterocycles. The first-order chi connectivity index (χ1) is 16.9. The molecule has 0 radical (unpaired) electrons. The van der Waals surface area contributed by atoms with Gasteiger partial charge in [-0.25, -0.2) is 14.0 Å². The summed E-state index contributed by atoms with van der Waals surface area (Å²) in [5.41, 5.74) is 0.176. The molecule has 1 unspecified atom stereocenters. The Kier molecular flexibility index (Phi) is 9.95. The number of carbonyl (C=O) groups is 4. The van der Waals surface area contributed by atoms with Gasteiger partial charge in [0, 0.05) is 19.2 Å². The highest BCUT2D eigenvalue weighted by molar-refractivity contribution is 5.90. The van der Waals surface area contributed by atoms with Gasteiger partial charge in [0.1, 0.15) is 24.1 Å². The summed E-state index contributed by atoms with van der Waals surface area (Å²) in [5, 5.41) is 2.37. The van der Waals surface area contributed by atoms with Gasteiger partial charge in [-0.05, 0) is 44.5 Å². The predicted molar refractivity (Wildman–Crippen MR) is 128 cm³/mol. The minimum atomic E-state index is -1.32. The Labute approximate surface area is 209 Å². The van der Waals surface area contributed by atoms with E-state index in [9.17, 15) is 23.6 Å². The fourth-order valence-corrected chi connectivity index (χ4v) is 3.12. The van der Waals surface area contributed by atoms with E-state index in [0.29, 0.717) is 0 Å². The van der Waals surface area contributed by atoms with Crippen molar-refractivity contribution in [3.8, 4) is 0 Å². The first-order valence-corrected chi connectivity index (χ1v) is 11.2. The number of methoxy groups -OCH3 is 1. The second-order valence-corrected chi connectivity index (χ2v) is 9.04. The number of nitrogens with zero attached hydrogens (tertiary/aromatic N) is 1. The zero-order valence-corrected chi connectivity index (χ0v) is 21.0. The molecular weight excluding hydrogens is 471 g/mol. The zero-order chi connectivity index (χ0) is 26.9. The molecule has 1 atom stereocenters. The van der Waals surface area contributed by atoms with Gasteiger partial charge < -0.3 is 24.4 Å². The highest BCUT2D eigenvalue weighted by Gasteiger charge is 2.28. The molecule has 2 aromatic carbocycles. The Morgan fingerprint density at radius 2 is 1.72 bits per heavy atom. The zero-order valence-electron chi connectivity index (χ0n) is 21.0. The lowest BCUT2D eigenvalue weighted by molar-refractivity contribution is -0.144. The molecule has 2 amide bonds. The molecule has 0 heterocycles. The van der Waals surface area contributed by atoms with Crippen molar-refractivity contribution < 1.29 is 37.8 Å². The van der Waals surface area contributed by atoms with Crippen LogP contribution in [0, 0.1) is 5.82 Å². The van der Waals surface area contributed by atoms with Gasteiger partial charge in [-0.1, -0.05) is 30.3 Å². The number of likely N-dealkylation sites (N-methyl/N-ethyl adjacent to an activating group) is 1. The van der Waals surface area contributed by atoms with Crippen molar-refractivity contribution in [3.05, 3.63) is 71.0 Å². The summed E-state index contributed by atoms with van der Waals surface area (Å²) in [4.78, 5) is 50.7. The molecule has 36 heavy (non-hydrogen) atoms.